The van der Waals surface area contributed by atoms with E-state index in [0.717, 1.165) is 12.8 Å². The minimum absolute atomic E-state index is 0. The summed E-state index contributed by atoms with van der Waals surface area (Å²) in [6.07, 6.45) is 3.23. The van der Waals surface area contributed by atoms with Gasteiger partial charge in [-0.15, -0.1) is 5.92 Å². The van der Waals surface area contributed by atoms with Crippen LogP contribution in [-0.2, 0) is 19.1 Å². The Labute approximate surface area is 107 Å². The maximum atomic E-state index is 12.1. The summed E-state index contributed by atoms with van der Waals surface area (Å²) in [7, 11) is 0. The van der Waals surface area contributed by atoms with Gasteiger partial charge in [-0.05, 0) is 26.2 Å². The van der Waals surface area contributed by atoms with Crippen LogP contribution in [-0.4, -0.2) is 24.1 Å². The Morgan fingerprint density at radius 3 is 2.84 bits per heavy atom. The molecule has 0 radical (unpaired) electrons. The van der Waals surface area contributed by atoms with Crippen molar-refractivity contribution in [3.8, 4) is 0 Å². The molecule has 2 bridgehead atoms. The van der Waals surface area contributed by atoms with Crippen LogP contribution in [0.25, 0.3) is 0 Å². The van der Waals surface area contributed by atoms with Crippen LogP contribution in [0.3, 0.4) is 0 Å². The second-order valence-corrected chi connectivity index (χ2v) is 6.29. The molecule has 0 amide bonds. The monoisotopic (exact) mass is 518 g/mol. The van der Waals surface area contributed by atoms with Crippen LogP contribution in [0.1, 0.15) is 33.6 Å². The van der Waals surface area contributed by atoms with Gasteiger partial charge in [-0.3, -0.25) is 9.59 Å². The fourth-order valence-corrected chi connectivity index (χ4v) is 3.22. The molecular weight excluding hydrogens is 499 g/mol. The summed E-state index contributed by atoms with van der Waals surface area (Å²) >= 11 is 0. The van der Waals surface area contributed by atoms with Gasteiger partial charge in [0.15, 0.2) is 0 Å². The van der Waals surface area contributed by atoms with Crippen molar-refractivity contribution in [2.75, 3.05) is 0 Å². The number of esters is 2. The Hall–Kier alpha value is -2.06. The third-order valence-electron chi connectivity index (χ3n) is 4.83. The molecule has 0 aromatic carbocycles. The van der Waals surface area contributed by atoms with E-state index in [4.69, 9.17) is 9.47 Å². The summed E-state index contributed by atoms with van der Waals surface area (Å²) in [5.74, 6) is 0.0727. The zero-order valence-corrected chi connectivity index (χ0v) is 18.1. The molecule has 19 heavy (non-hydrogen) atoms. The topological polar surface area (TPSA) is 52.6 Å². The van der Waals surface area contributed by atoms with Gasteiger partial charge < -0.3 is 15.9 Å². The van der Waals surface area contributed by atoms with Crippen molar-refractivity contribution in [2.24, 2.45) is 23.2 Å². The molecule has 0 aromatic heterocycles. The van der Waals surface area contributed by atoms with E-state index in [-0.39, 0.29) is 41.9 Å². The molecule has 1 heterocycles. The fraction of sp³-hybridized carbons (Fsp3) is 0.786. The molecule has 102 valence electrons. The summed E-state index contributed by atoms with van der Waals surface area (Å²) < 4.78 is 11.0. The van der Waals surface area contributed by atoms with Crippen LogP contribution < -0.4 is 0 Å². The minimum Gasteiger partial charge on any atom is -0.460 e. The number of carbonyl (C=O) groups excluding carboxylic acids is 2. The Bertz CT molecular complexity index is 406. The van der Waals surface area contributed by atoms with Crippen LogP contribution in [0.15, 0.2) is 0 Å². The third kappa shape index (κ3) is 1.68. The number of fused-ring (bicyclic) bond motifs is 1. The number of hydrogen-bond donors (Lipinski definition) is 0. The Kier molecular flexibility index (Phi) is 2.79. The molecule has 4 nitrogen and oxygen atoms in total. The predicted molar refractivity (Wildman–Crippen MR) is 63.2 cm³/mol. The summed E-state index contributed by atoms with van der Waals surface area (Å²) in [6, 6.07) is 0. The van der Waals surface area contributed by atoms with Gasteiger partial charge in [-0.25, -0.2) is 0 Å². The van der Waals surface area contributed by atoms with Crippen molar-refractivity contribution in [3.63, 3.8) is 0 Å². The van der Waals surface area contributed by atoms with E-state index in [1.165, 1.54) is 0 Å². The number of ether oxygens (including phenoxy) is 2. The third-order valence-corrected chi connectivity index (χ3v) is 4.83. The maximum Gasteiger partial charge on any atom is 0.311 e. The van der Waals surface area contributed by atoms with Crippen LogP contribution in [0.2, 0.25) is 0 Å². The van der Waals surface area contributed by atoms with Gasteiger partial charge in [0.05, 0.1) is 5.41 Å². The first-order chi connectivity index (χ1) is 8.44. The van der Waals surface area contributed by atoms with Gasteiger partial charge in [0.2, 0.25) is 0 Å². The van der Waals surface area contributed by atoms with Crippen LogP contribution in [0.4, 0.5) is 0 Å². The standard InChI is InChI=1S/C14H19O4.Rf/c1-4-14(2,3)13(16)18-10-7-5-8-9(6-7)12(15)17-11(8)10;/h6-11H,4-5H2,1-3H3;/q-1;. The Morgan fingerprint density at radius 2 is 2.21 bits per heavy atom. The largest absolute Gasteiger partial charge is 0.460 e. The van der Waals surface area contributed by atoms with E-state index in [9.17, 15) is 9.59 Å². The normalized spacial score (nSPS) is 38.9. The van der Waals surface area contributed by atoms with Crippen LogP contribution >= 0.6 is 0 Å². The molecule has 5 atom stereocenters. The SMILES string of the molecule is CCC(C)(C)C(=O)OC1C2[CH-]C3C(=O)OC1C3C2.[Rf]. The van der Waals surface area contributed by atoms with Crippen LogP contribution in [0.5, 0.6) is 0 Å². The maximum absolute atomic E-state index is 12.1. The smallest absolute Gasteiger partial charge is 0.311 e. The van der Waals surface area contributed by atoms with E-state index in [2.05, 4.69) is 0 Å². The quantitative estimate of drug-likeness (QED) is 0.422. The number of hydrogen-bond acceptors (Lipinski definition) is 4. The first-order valence-corrected chi connectivity index (χ1v) is 6.70. The molecule has 0 aromatic rings. The second kappa shape index (κ2) is 3.97. The van der Waals surface area contributed by atoms with E-state index < -0.39 is 5.41 Å². The molecule has 2 saturated carbocycles. The van der Waals surface area contributed by atoms with Gasteiger partial charge in [-0.1, -0.05) is 19.3 Å². The second-order valence-electron chi connectivity index (χ2n) is 6.29. The van der Waals surface area contributed by atoms with Crippen molar-refractivity contribution in [1.82, 2.24) is 0 Å². The van der Waals surface area contributed by atoms with E-state index in [1.54, 1.807) is 0 Å². The van der Waals surface area contributed by atoms with Crippen molar-refractivity contribution in [2.45, 2.75) is 45.8 Å². The summed E-state index contributed by atoms with van der Waals surface area (Å²) in [5, 5.41) is 0. The van der Waals surface area contributed by atoms with E-state index in [0.29, 0.717) is 0 Å². The van der Waals surface area contributed by atoms with Crippen molar-refractivity contribution in [3.05, 3.63) is 6.42 Å². The van der Waals surface area contributed by atoms with E-state index in [1.807, 2.05) is 27.2 Å². The molecule has 3 rings (SSSR count). The zero-order valence-electron chi connectivity index (χ0n) is 11.7. The molecule has 1 saturated heterocycles. The molecule has 3 aliphatic rings. The van der Waals surface area contributed by atoms with Crippen molar-refractivity contribution < 1.29 is 19.1 Å². The molecule has 5 heteroatoms. The number of carbonyl (C=O) groups is 2. The van der Waals surface area contributed by atoms with Gasteiger partial charge in [0.25, 0.3) is 5.97 Å². The summed E-state index contributed by atoms with van der Waals surface area (Å²) in [6.45, 7) is 5.74. The molecule has 1 aliphatic heterocycles. The number of rotatable bonds is 3. The molecule has 3 fully saturated rings. The average Bonchev–Trinajstić information content (AvgIpc) is 2.93. The van der Waals surface area contributed by atoms with Crippen molar-refractivity contribution >= 4 is 11.9 Å². The summed E-state index contributed by atoms with van der Waals surface area (Å²) in [5.41, 5.74) is -0.468. The van der Waals surface area contributed by atoms with Crippen LogP contribution in [0, 0.1) is 29.6 Å². The first kappa shape index (κ1) is 13.4. The molecule has 5 unspecified atom stereocenters. The van der Waals surface area contributed by atoms with Gasteiger partial charge >= 0.3 is 5.97 Å². The molecule has 0 N–H and O–H groups in total. The Balaban J connectivity index is 0.00000133. The Morgan fingerprint density at radius 1 is 1.53 bits per heavy atom. The minimum atomic E-state index is -0.468. The summed E-state index contributed by atoms with van der Waals surface area (Å²) in [4.78, 5) is 23.7. The van der Waals surface area contributed by atoms with Crippen molar-refractivity contribution in [1.29, 1.82) is 0 Å². The van der Waals surface area contributed by atoms with Gasteiger partial charge in [-0.2, -0.15) is 0 Å². The first-order valence-electron chi connectivity index (χ1n) is 6.70. The molecule has 2 aliphatic carbocycles. The zero-order chi connectivity index (χ0) is 13.1. The molecular formula is C14H19O4Rf-. The predicted octanol–water partition coefficient (Wildman–Crippen LogP) is 1.73. The molecule has 0 spiro atoms. The van der Waals surface area contributed by atoms with E-state index >= 15 is 0 Å². The fourth-order valence-electron chi connectivity index (χ4n) is 3.22. The van der Waals surface area contributed by atoms with Gasteiger partial charge in [0.1, 0.15) is 12.2 Å². The van der Waals surface area contributed by atoms with Gasteiger partial charge in [0, 0.05) is 0 Å². The average molecular weight is 518 g/mol.